The number of aromatic nitrogens is 2. The first-order valence-electron chi connectivity index (χ1n) is 27.8. The molecule has 8 nitrogen and oxygen atoms in total. The van der Waals surface area contributed by atoms with Gasteiger partial charge in [0, 0.05) is 34.4 Å². The maximum absolute atomic E-state index is 11.8. The zero-order valence-corrected chi connectivity index (χ0v) is 47.9. The largest absolute Gasteiger partial charge is 0.481 e. The monoisotopic (exact) mass is 1030 g/mol. The molecule has 0 aliphatic heterocycles. The van der Waals surface area contributed by atoms with Gasteiger partial charge in [-0.2, -0.15) is 0 Å². The van der Waals surface area contributed by atoms with Crippen molar-refractivity contribution in [1.29, 1.82) is 0 Å². The van der Waals surface area contributed by atoms with Crippen LogP contribution in [0.1, 0.15) is 180 Å². The Bertz CT molecular complexity index is 2930. The fraction of sp³-hybridized carbons (Fsp3) is 0.412. The summed E-state index contributed by atoms with van der Waals surface area (Å²) in [7, 11) is 0. The van der Waals surface area contributed by atoms with Gasteiger partial charge >= 0.3 is 11.9 Å². The van der Waals surface area contributed by atoms with Crippen LogP contribution in [-0.4, -0.2) is 55.0 Å². The van der Waals surface area contributed by atoms with Crippen molar-refractivity contribution in [2.24, 2.45) is 0 Å². The maximum atomic E-state index is 11.8. The molecule has 2 heterocycles. The van der Waals surface area contributed by atoms with Crippen molar-refractivity contribution in [3.8, 4) is 22.5 Å². The van der Waals surface area contributed by atoms with Crippen molar-refractivity contribution in [3.63, 3.8) is 0 Å². The van der Waals surface area contributed by atoms with Gasteiger partial charge in [0.2, 0.25) is 0 Å². The summed E-state index contributed by atoms with van der Waals surface area (Å²) in [6.07, 6.45) is 18.4. The molecular weight excluding hydrogens is 941 g/mol. The number of aliphatic carboxylic acids is 1. The van der Waals surface area contributed by atoms with Gasteiger partial charge in [-0.05, 0) is 165 Å². The lowest BCUT2D eigenvalue weighted by Gasteiger charge is -2.34. The van der Waals surface area contributed by atoms with E-state index in [1.54, 1.807) is 12.4 Å². The second-order valence-corrected chi connectivity index (χ2v) is 20.7. The van der Waals surface area contributed by atoms with Crippen molar-refractivity contribution in [2.45, 2.75) is 176 Å². The van der Waals surface area contributed by atoms with Gasteiger partial charge in [0.05, 0.1) is 42.0 Å². The van der Waals surface area contributed by atoms with E-state index in [9.17, 15) is 19.8 Å². The minimum absolute atomic E-state index is 0.0210. The molecule has 0 saturated carbocycles. The van der Waals surface area contributed by atoms with Crippen LogP contribution in [0.4, 0.5) is 0 Å². The molecule has 0 spiro atoms. The number of carbonyl (C=O) groups is 2. The fourth-order valence-electron chi connectivity index (χ4n) is 10.7. The standard InChI is InChI=1S/C35H45NO3.C33H41NO3/c1-8-34(38,9-2)20-19-28-14-15-29(21-25(28)6)35(10-3,11-4)30-16-17-31(26(7)22-30)32-18-13-27(24-36-32)23-33(37)39-12-5;1-7-32(37,8-2)18-17-26-12-13-27(19-23(26)5)33(9-3,10-4)28-14-15-29(24(6)20-28)30-16-11-25(22-34-30)21-31(35)36/h13-22,24,38H,8-12,23H2,1-7H3;11-20,22,37H,7-10,21H2,1-6H3,(H,35,36)/b20-19+;18-17+. The van der Waals surface area contributed by atoms with Crippen molar-refractivity contribution >= 4 is 24.1 Å². The highest BCUT2D eigenvalue weighted by Gasteiger charge is 2.33. The lowest BCUT2D eigenvalue weighted by atomic mass is 9.69. The quantitative estimate of drug-likeness (QED) is 0.0541. The van der Waals surface area contributed by atoms with Crippen LogP contribution in [0.25, 0.3) is 34.7 Å². The number of aliphatic hydroxyl groups is 2. The normalized spacial score (nSPS) is 12.2. The summed E-state index contributed by atoms with van der Waals surface area (Å²) in [6, 6.07) is 34.5. The average Bonchev–Trinajstić information content (AvgIpc) is 3.42. The van der Waals surface area contributed by atoms with E-state index in [1.165, 1.54) is 38.9 Å². The summed E-state index contributed by atoms with van der Waals surface area (Å²) in [5.41, 5.74) is 16.0. The molecule has 0 bridgehead atoms. The minimum Gasteiger partial charge on any atom is -0.481 e. The molecule has 0 radical (unpaired) electrons. The molecule has 6 rings (SSSR count). The summed E-state index contributed by atoms with van der Waals surface area (Å²) in [5, 5.41) is 30.3. The van der Waals surface area contributed by atoms with Gasteiger partial charge in [0.25, 0.3) is 0 Å². The number of aryl methyl sites for hydroxylation is 4. The molecule has 2 aromatic heterocycles. The van der Waals surface area contributed by atoms with E-state index in [-0.39, 0.29) is 29.6 Å². The second-order valence-electron chi connectivity index (χ2n) is 20.7. The Balaban J connectivity index is 0.000000281. The van der Waals surface area contributed by atoms with Crippen molar-refractivity contribution in [2.75, 3.05) is 6.61 Å². The van der Waals surface area contributed by atoms with Gasteiger partial charge in [-0.15, -0.1) is 0 Å². The highest BCUT2D eigenvalue weighted by Crippen LogP contribution is 2.43. The summed E-state index contributed by atoms with van der Waals surface area (Å²) >= 11 is 0. The molecule has 6 aromatic rings. The van der Waals surface area contributed by atoms with Gasteiger partial charge in [-0.25, -0.2) is 0 Å². The van der Waals surface area contributed by atoms with Crippen molar-refractivity contribution in [1.82, 2.24) is 9.97 Å². The molecule has 0 fully saturated rings. The maximum Gasteiger partial charge on any atom is 0.310 e. The summed E-state index contributed by atoms with van der Waals surface area (Å²) in [5.74, 6) is -1.08. The zero-order valence-electron chi connectivity index (χ0n) is 47.9. The number of carbonyl (C=O) groups excluding carboxylic acids is 1. The van der Waals surface area contributed by atoms with Gasteiger partial charge in [0.1, 0.15) is 0 Å². The molecule has 0 saturated heterocycles. The third-order valence-electron chi connectivity index (χ3n) is 16.4. The molecular formula is C68H86N2O6. The molecule has 404 valence electrons. The fourth-order valence-corrected chi connectivity index (χ4v) is 10.7. The number of pyridine rings is 2. The van der Waals surface area contributed by atoms with E-state index in [1.807, 2.05) is 71.0 Å². The van der Waals surface area contributed by atoms with Gasteiger partial charge in [-0.3, -0.25) is 19.6 Å². The van der Waals surface area contributed by atoms with E-state index in [0.29, 0.717) is 37.9 Å². The van der Waals surface area contributed by atoms with Gasteiger partial charge < -0.3 is 20.1 Å². The molecule has 0 amide bonds. The van der Waals surface area contributed by atoms with Crippen LogP contribution in [-0.2, 0) is 38.0 Å². The Kier molecular flexibility index (Phi) is 21.5. The SMILES string of the molecule is CCC(O)(/C=C/c1ccc(C(CC)(CC)c2ccc(-c3ccc(CC(=O)O)cn3)c(C)c2)cc1C)CC.CCOC(=O)Cc1ccc(-c2ccc(C(CC)(CC)c3ccc(/C=C/C(O)(CC)CC)c(C)c3)cc2C)nc1. The third kappa shape index (κ3) is 14.3. The van der Waals surface area contributed by atoms with E-state index < -0.39 is 17.2 Å². The predicted molar refractivity (Wildman–Crippen MR) is 315 cm³/mol. The van der Waals surface area contributed by atoms with Crippen LogP contribution in [0.15, 0.2) is 122 Å². The second kappa shape index (κ2) is 27.0. The number of esters is 1. The number of nitrogens with zero attached hydrogens (tertiary/aromatic N) is 2. The Morgan fingerprint density at radius 1 is 0.474 bits per heavy atom. The van der Waals surface area contributed by atoms with Crippen LogP contribution in [0.2, 0.25) is 0 Å². The molecule has 0 atom stereocenters. The smallest absolute Gasteiger partial charge is 0.310 e. The summed E-state index contributed by atoms with van der Waals surface area (Å²) in [6.45, 7) is 27.9. The predicted octanol–water partition coefficient (Wildman–Crippen LogP) is 15.8. The first kappa shape index (κ1) is 60.4. The van der Waals surface area contributed by atoms with E-state index >= 15 is 0 Å². The average molecular weight is 1030 g/mol. The summed E-state index contributed by atoms with van der Waals surface area (Å²) < 4.78 is 5.05. The Morgan fingerprint density at radius 3 is 1.12 bits per heavy atom. The highest BCUT2D eigenvalue weighted by atomic mass is 16.5. The molecule has 4 aromatic carbocycles. The number of ether oxygens (including phenoxy) is 1. The number of hydrogen-bond acceptors (Lipinski definition) is 7. The molecule has 0 unspecified atom stereocenters. The van der Waals surface area contributed by atoms with E-state index in [2.05, 4.69) is 150 Å². The zero-order chi connectivity index (χ0) is 55.8. The van der Waals surface area contributed by atoms with Crippen LogP contribution >= 0.6 is 0 Å². The number of hydrogen-bond donors (Lipinski definition) is 3. The number of benzene rings is 4. The van der Waals surface area contributed by atoms with Gasteiger partial charge in [-0.1, -0.05) is 165 Å². The van der Waals surface area contributed by atoms with Crippen LogP contribution in [0.3, 0.4) is 0 Å². The molecule has 8 heteroatoms. The third-order valence-corrected chi connectivity index (χ3v) is 16.4. The molecule has 3 N–H and O–H groups in total. The van der Waals surface area contributed by atoms with Crippen molar-refractivity contribution < 1.29 is 29.6 Å². The Morgan fingerprint density at radius 2 is 0.829 bits per heavy atom. The van der Waals surface area contributed by atoms with E-state index in [0.717, 1.165) is 70.5 Å². The molecule has 0 aliphatic carbocycles. The first-order valence-corrected chi connectivity index (χ1v) is 27.8. The Hall–Kier alpha value is -6.48. The minimum atomic E-state index is -0.853. The lowest BCUT2D eigenvalue weighted by Crippen LogP contribution is -2.26. The number of carboxylic acids is 1. The number of rotatable bonds is 23. The van der Waals surface area contributed by atoms with E-state index in [4.69, 9.17) is 9.84 Å². The molecule has 0 aliphatic rings. The number of carboxylic acid groups (broad SMARTS) is 1. The van der Waals surface area contributed by atoms with Gasteiger partial charge in [0.15, 0.2) is 0 Å². The van der Waals surface area contributed by atoms with Crippen molar-refractivity contribution in [3.05, 3.63) is 188 Å². The van der Waals surface area contributed by atoms with Crippen LogP contribution < -0.4 is 0 Å². The lowest BCUT2D eigenvalue weighted by molar-refractivity contribution is -0.142. The van der Waals surface area contributed by atoms with Crippen LogP contribution in [0, 0.1) is 27.7 Å². The van der Waals surface area contributed by atoms with Crippen LogP contribution in [0.5, 0.6) is 0 Å². The Labute approximate surface area is 455 Å². The first-order chi connectivity index (χ1) is 36.3. The molecule has 76 heavy (non-hydrogen) atoms. The highest BCUT2D eigenvalue weighted by molar-refractivity contribution is 5.73. The summed E-state index contributed by atoms with van der Waals surface area (Å²) in [4.78, 5) is 32.0. The topological polar surface area (TPSA) is 130 Å².